The van der Waals surface area contributed by atoms with Crippen LogP contribution in [-0.4, -0.2) is 54.9 Å². The van der Waals surface area contributed by atoms with E-state index in [4.69, 9.17) is 0 Å². The van der Waals surface area contributed by atoms with Gasteiger partial charge in [-0.2, -0.15) is 0 Å². The highest BCUT2D eigenvalue weighted by molar-refractivity contribution is 14.0. The van der Waals surface area contributed by atoms with Crippen LogP contribution >= 0.6 is 24.0 Å². The Morgan fingerprint density at radius 2 is 1.92 bits per heavy atom. The molecule has 1 heterocycles. The van der Waals surface area contributed by atoms with Gasteiger partial charge in [0.25, 0.3) is 0 Å². The molecule has 25 heavy (non-hydrogen) atoms. The van der Waals surface area contributed by atoms with Gasteiger partial charge in [-0.1, -0.05) is 12.1 Å². The van der Waals surface area contributed by atoms with Crippen LogP contribution in [0.4, 0.5) is 4.39 Å². The van der Waals surface area contributed by atoms with Gasteiger partial charge >= 0.3 is 0 Å². The van der Waals surface area contributed by atoms with Crippen LogP contribution in [0, 0.1) is 5.82 Å². The number of halogens is 2. The number of hydrogen-bond acceptors (Lipinski definition) is 2. The predicted octanol–water partition coefficient (Wildman–Crippen LogP) is 2.85. The van der Waals surface area contributed by atoms with E-state index in [1.807, 2.05) is 23.8 Å². The molecule has 1 aromatic carbocycles. The standard InChI is InChI=1S/C18H27FN4O.HI/c1-3-20-18(21-11-10-17(24)23-12-4-5-13-23)22(2)14-15-6-8-16(19)9-7-15;/h6-9H,3-5,10-14H2,1-2H3,(H,20,21);1H. The summed E-state index contributed by atoms with van der Waals surface area (Å²) in [5.41, 5.74) is 1.01. The summed E-state index contributed by atoms with van der Waals surface area (Å²) in [5, 5.41) is 3.23. The first kappa shape index (κ1) is 21.7. The van der Waals surface area contributed by atoms with Crippen molar-refractivity contribution in [2.75, 3.05) is 33.2 Å². The van der Waals surface area contributed by atoms with Crippen LogP contribution in [-0.2, 0) is 11.3 Å². The van der Waals surface area contributed by atoms with E-state index in [1.54, 1.807) is 12.1 Å². The summed E-state index contributed by atoms with van der Waals surface area (Å²) in [7, 11) is 1.94. The Kier molecular flexibility index (Phi) is 9.77. The van der Waals surface area contributed by atoms with Gasteiger partial charge in [-0.25, -0.2) is 4.39 Å². The molecule has 1 N–H and O–H groups in total. The summed E-state index contributed by atoms with van der Waals surface area (Å²) in [4.78, 5) is 20.5. The lowest BCUT2D eigenvalue weighted by molar-refractivity contribution is -0.129. The fourth-order valence-corrected chi connectivity index (χ4v) is 2.79. The molecule has 0 aliphatic carbocycles. The van der Waals surface area contributed by atoms with E-state index in [0.717, 1.165) is 44.0 Å². The topological polar surface area (TPSA) is 47.9 Å². The summed E-state index contributed by atoms with van der Waals surface area (Å²) in [6, 6.07) is 6.46. The molecule has 7 heteroatoms. The molecule has 1 aliphatic heterocycles. The molecule has 0 atom stereocenters. The largest absolute Gasteiger partial charge is 0.357 e. The van der Waals surface area contributed by atoms with Gasteiger partial charge in [-0.15, -0.1) is 24.0 Å². The molecular weight excluding hydrogens is 434 g/mol. The summed E-state index contributed by atoms with van der Waals surface area (Å²) in [6.45, 7) is 5.64. The predicted molar refractivity (Wildman–Crippen MR) is 110 cm³/mol. The van der Waals surface area contributed by atoms with Gasteiger partial charge in [0.1, 0.15) is 5.82 Å². The van der Waals surface area contributed by atoms with Gasteiger partial charge in [-0.05, 0) is 37.5 Å². The number of benzene rings is 1. The average molecular weight is 462 g/mol. The third-order valence-electron chi connectivity index (χ3n) is 4.08. The number of amides is 1. The van der Waals surface area contributed by atoms with E-state index >= 15 is 0 Å². The van der Waals surface area contributed by atoms with Crippen molar-refractivity contribution >= 4 is 35.8 Å². The minimum absolute atomic E-state index is 0. The highest BCUT2D eigenvalue weighted by atomic mass is 127. The number of likely N-dealkylation sites (tertiary alicyclic amines) is 1. The first-order valence-electron chi connectivity index (χ1n) is 8.62. The molecule has 1 aliphatic rings. The van der Waals surface area contributed by atoms with E-state index in [1.165, 1.54) is 12.1 Å². The number of guanidine groups is 1. The maximum Gasteiger partial charge on any atom is 0.224 e. The van der Waals surface area contributed by atoms with Crippen molar-refractivity contribution in [2.45, 2.75) is 32.7 Å². The van der Waals surface area contributed by atoms with Crippen molar-refractivity contribution in [1.82, 2.24) is 15.1 Å². The lowest BCUT2D eigenvalue weighted by Crippen LogP contribution is -2.38. The normalized spacial score (nSPS) is 14.2. The SMILES string of the molecule is CCNC(=NCCC(=O)N1CCCC1)N(C)Cc1ccc(F)cc1.I. The number of rotatable bonds is 6. The van der Waals surface area contributed by atoms with E-state index in [0.29, 0.717) is 19.5 Å². The van der Waals surface area contributed by atoms with E-state index in [-0.39, 0.29) is 35.7 Å². The Hall–Kier alpha value is -1.38. The van der Waals surface area contributed by atoms with Gasteiger partial charge < -0.3 is 15.1 Å². The highest BCUT2D eigenvalue weighted by Crippen LogP contribution is 2.09. The van der Waals surface area contributed by atoms with Crippen LogP contribution in [0.15, 0.2) is 29.3 Å². The smallest absolute Gasteiger partial charge is 0.224 e. The van der Waals surface area contributed by atoms with Crippen molar-refractivity contribution in [3.8, 4) is 0 Å². The zero-order chi connectivity index (χ0) is 17.4. The minimum Gasteiger partial charge on any atom is -0.357 e. The van der Waals surface area contributed by atoms with Gasteiger partial charge in [-0.3, -0.25) is 9.79 Å². The lowest BCUT2D eigenvalue weighted by atomic mass is 10.2. The Morgan fingerprint density at radius 1 is 1.28 bits per heavy atom. The second kappa shape index (κ2) is 11.3. The van der Waals surface area contributed by atoms with Crippen molar-refractivity contribution < 1.29 is 9.18 Å². The molecule has 1 aromatic rings. The number of aliphatic imine (C=N–C) groups is 1. The Bertz CT molecular complexity index is 559. The number of carbonyl (C=O) groups excluding carboxylic acids is 1. The maximum absolute atomic E-state index is 13.0. The third-order valence-corrected chi connectivity index (χ3v) is 4.08. The van der Waals surface area contributed by atoms with Crippen LogP contribution < -0.4 is 5.32 Å². The van der Waals surface area contributed by atoms with E-state index in [2.05, 4.69) is 10.3 Å². The average Bonchev–Trinajstić information content (AvgIpc) is 3.10. The molecule has 1 saturated heterocycles. The number of hydrogen-bond donors (Lipinski definition) is 1. The third kappa shape index (κ3) is 7.17. The maximum atomic E-state index is 13.0. The van der Waals surface area contributed by atoms with Gasteiger partial charge in [0.05, 0.1) is 6.54 Å². The summed E-state index contributed by atoms with van der Waals surface area (Å²) < 4.78 is 13.0. The lowest BCUT2D eigenvalue weighted by Gasteiger charge is -2.22. The molecule has 140 valence electrons. The van der Waals surface area contributed by atoms with E-state index < -0.39 is 0 Å². The van der Waals surface area contributed by atoms with Crippen molar-refractivity contribution in [3.63, 3.8) is 0 Å². The van der Waals surface area contributed by atoms with Crippen LogP contribution in [0.2, 0.25) is 0 Å². The summed E-state index contributed by atoms with van der Waals surface area (Å²) in [6.07, 6.45) is 2.66. The summed E-state index contributed by atoms with van der Waals surface area (Å²) in [5.74, 6) is 0.715. The molecule has 0 bridgehead atoms. The van der Waals surface area contributed by atoms with Crippen LogP contribution in [0.3, 0.4) is 0 Å². The van der Waals surface area contributed by atoms with Gasteiger partial charge in [0.2, 0.25) is 5.91 Å². The fraction of sp³-hybridized carbons (Fsp3) is 0.556. The van der Waals surface area contributed by atoms with Crippen LogP contribution in [0.5, 0.6) is 0 Å². The van der Waals surface area contributed by atoms with Gasteiger partial charge in [0, 0.05) is 39.6 Å². The first-order valence-corrected chi connectivity index (χ1v) is 8.62. The van der Waals surface area contributed by atoms with Gasteiger partial charge in [0.15, 0.2) is 5.96 Å². The molecule has 0 spiro atoms. The van der Waals surface area contributed by atoms with Crippen LogP contribution in [0.1, 0.15) is 31.7 Å². The number of carbonyl (C=O) groups is 1. The van der Waals surface area contributed by atoms with Crippen molar-refractivity contribution in [3.05, 3.63) is 35.6 Å². The monoisotopic (exact) mass is 462 g/mol. The van der Waals surface area contributed by atoms with Crippen LogP contribution in [0.25, 0.3) is 0 Å². The number of nitrogens with zero attached hydrogens (tertiary/aromatic N) is 3. The van der Waals surface area contributed by atoms with Crippen molar-refractivity contribution in [1.29, 1.82) is 0 Å². The Morgan fingerprint density at radius 3 is 2.52 bits per heavy atom. The van der Waals surface area contributed by atoms with Crippen molar-refractivity contribution in [2.24, 2.45) is 4.99 Å². The number of nitrogens with one attached hydrogen (secondary N) is 1. The molecule has 5 nitrogen and oxygen atoms in total. The molecule has 2 rings (SSSR count). The first-order chi connectivity index (χ1) is 11.6. The zero-order valence-electron chi connectivity index (χ0n) is 15.0. The molecule has 0 saturated carbocycles. The Labute approximate surface area is 166 Å². The second-order valence-electron chi connectivity index (χ2n) is 6.06. The van der Waals surface area contributed by atoms with E-state index in [9.17, 15) is 9.18 Å². The Balaban J connectivity index is 0.00000312. The molecule has 1 amide bonds. The molecule has 0 radical (unpaired) electrons. The molecule has 0 aromatic heterocycles. The highest BCUT2D eigenvalue weighted by Gasteiger charge is 2.17. The second-order valence-corrected chi connectivity index (χ2v) is 6.06. The zero-order valence-corrected chi connectivity index (χ0v) is 17.3. The summed E-state index contributed by atoms with van der Waals surface area (Å²) >= 11 is 0. The minimum atomic E-state index is -0.234. The molecular formula is C18H28FIN4O. The molecule has 0 unspecified atom stereocenters. The molecule has 1 fully saturated rings. The quantitative estimate of drug-likeness (QED) is 0.402. The fourth-order valence-electron chi connectivity index (χ4n) is 2.79.